The van der Waals surface area contributed by atoms with Gasteiger partial charge in [0.25, 0.3) is 0 Å². The molecule has 0 aliphatic heterocycles. The summed E-state index contributed by atoms with van der Waals surface area (Å²) in [5.41, 5.74) is 6.05. The maximum absolute atomic E-state index is 9.51. The zero-order valence-electron chi connectivity index (χ0n) is 11.4. The Balaban J connectivity index is 2.54. The van der Waals surface area contributed by atoms with E-state index in [1.165, 1.54) is 25.7 Å². The van der Waals surface area contributed by atoms with Crippen LogP contribution in [0.25, 0.3) is 0 Å². The smallest absolute Gasteiger partial charge is 0.0629 e. The molecular formula is C13H28N2O2. The number of aliphatic hydroxyl groups is 1. The minimum Gasteiger partial charge on any atom is -0.395 e. The molecule has 17 heavy (non-hydrogen) atoms. The Bertz CT molecular complexity index is 214. The van der Waals surface area contributed by atoms with Gasteiger partial charge in [0, 0.05) is 19.2 Å². The molecule has 102 valence electrons. The number of aliphatic hydroxyl groups excluding tert-OH is 1. The van der Waals surface area contributed by atoms with Gasteiger partial charge in [-0.1, -0.05) is 19.8 Å². The van der Waals surface area contributed by atoms with Gasteiger partial charge in [-0.25, -0.2) is 0 Å². The van der Waals surface area contributed by atoms with Gasteiger partial charge in [-0.3, -0.25) is 4.90 Å². The third-order valence-electron chi connectivity index (χ3n) is 4.05. The summed E-state index contributed by atoms with van der Waals surface area (Å²) >= 11 is 0. The van der Waals surface area contributed by atoms with Gasteiger partial charge in [-0.2, -0.15) is 0 Å². The molecule has 0 spiro atoms. The Morgan fingerprint density at radius 3 is 2.71 bits per heavy atom. The SMILES string of the molecule is COCC(N)C(CO)N(C)C1CCCC(C)C1. The van der Waals surface area contributed by atoms with E-state index in [0.29, 0.717) is 12.6 Å². The zero-order valence-corrected chi connectivity index (χ0v) is 11.4. The van der Waals surface area contributed by atoms with Crippen LogP contribution < -0.4 is 5.73 Å². The maximum atomic E-state index is 9.51. The van der Waals surface area contributed by atoms with Crippen LogP contribution >= 0.6 is 0 Å². The number of hydrogen-bond donors (Lipinski definition) is 2. The van der Waals surface area contributed by atoms with E-state index in [4.69, 9.17) is 10.5 Å². The van der Waals surface area contributed by atoms with Crippen LogP contribution in [-0.2, 0) is 4.74 Å². The monoisotopic (exact) mass is 244 g/mol. The molecule has 0 aromatic carbocycles. The van der Waals surface area contributed by atoms with Crippen molar-refractivity contribution in [3.05, 3.63) is 0 Å². The number of likely N-dealkylation sites (N-methyl/N-ethyl adjacent to an activating group) is 1. The summed E-state index contributed by atoms with van der Waals surface area (Å²) < 4.78 is 5.08. The molecular weight excluding hydrogens is 216 g/mol. The number of nitrogens with two attached hydrogens (primary N) is 1. The summed E-state index contributed by atoms with van der Waals surface area (Å²) in [6, 6.07) is 0.441. The van der Waals surface area contributed by atoms with Crippen molar-refractivity contribution in [1.29, 1.82) is 0 Å². The molecule has 4 nitrogen and oxygen atoms in total. The topological polar surface area (TPSA) is 58.7 Å². The fraction of sp³-hybridized carbons (Fsp3) is 1.00. The number of ether oxygens (including phenoxy) is 1. The molecule has 3 N–H and O–H groups in total. The Kier molecular flexibility index (Phi) is 6.41. The van der Waals surface area contributed by atoms with Crippen LogP contribution in [0.5, 0.6) is 0 Å². The fourth-order valence-electron chi connectivity index (χ4n) is 2.91. The van der Waals surface area contributed by atoms with Crippen LogP contribution in [0.1, 0.15) is 32.6 Å². The molecule has 0 bridgehead atoms. The summed E-state index contributed by atoms with van der Waals surface area (Å²) in [6.45, 7) is 2.91. The van der Waals surface area contributed by atoms with E-state index in [2.05, 4.69) is 18.9 Å². The van der Waals surface area contributed by atoms with Crippen LogP contribution in [0, 0.1) is 5.92 Å². The van der Waals surface area contributed by atoms with Crippen molar-refractivity contribution in [3.8, 4) is 0 Å². The van der Waals surface area contributed by atoms with Crippen molar-refractivity contribution in [2.75, 3.05) is 27.4 Å². The molecule has 1 aliphatic carbocycles. The number of nitrogens with zero attached hydrogens (tertiary/aromatic N) is 1. The minimum absolute atomic E-state index is 0.00486. The highest BCUT2D eigenvalue weighted by Gasteiger charge is 2.29. The van der Waals surface area contributed by atoms with E-state index in [9.17, 15) is 5.11 Å². The molecule has 0 saturated heterocycles. The Labute approximate surface area is 105 Å². The number of rotatable bonds is 6. The van der Waals surface area contributed by atoms with Gasteiger partial charge >= 0.3 is 0 Å². The van der Waals surface area contributed by atoms with Crippen molar-refractivity contribution in [2.45, 2.75) is 50.7 Å². The van der Waals surface area contributed by atoms with Crippen LogP contribution in [-0.4, -0.2) is 55.5 Å². The maximum Gasteiger partial charge on any atom is 0.0629 e. The predicted octanol–water partition coefficient (Wildman–Crippen LogP) is 0.832. The first-order valence-electron chi connectivity index (χ1n) is 6.67. The molecule has 0 aromatic heterocycles. The minimum atomic E-state index is -0.118. The number of hydrogen-bond acceptors (Lipinski definition) is 4. The summed E-state index contributed by atoms with van der Waals surface area (Å²) in [4.78, 5) is 2.26. The van der Waals surface area contributed by atoms with Gasteiger partial charge in [0.2, 0.25) is 0 Å². The van der Waals surface area contributed by atoms with Gasteiger partial charge in [0.1, 0.15) is 0 Å². The quantitative estimate of drug-likeness (QED) is 0.726. The molecule has 4 heteroatoms. The fourth-order valence-corrected chi connectivity index (χ4v) is 2.91. The Morgan fingerprint density at radius 1 is 1.47 bits per heavy atom. The molecule has 1 rings (SSSR count). The second-order valence-electron chi connectivity index (χ2n) is 5.46. The van der Waals surface area contributed by atoms with Gasteiger partial charge in [-0.05, 0) is 25.8 Å². The summed E-state index contributed by atoms with van der Waals surface area (Å²) in [5, 5.41) is 9.51. The first kappa shape index (κ1) is 14.9. The van der Waals surface area contributed by atoms with Crippen LogP contribution in [0.2, 0.25) is 0 Å². The molecule has 4 unspecified atom stereocenters. The second kappa shape index (κ2) is 7.31. The van der Waals surface area contributed by atoms with Gasteiger partial charge in [0.05, 0.1) is 19.3 Å². The first-order valence-corrected chi connectivity index (χ1v) is 6.67. The third-order valence-corrected chi connectivity index (χ3v) is 4.05. The van der Waals surface area contributed by atoms with Crippen molar-refractivity contribution in [2.24, 2.45) is 11.7 Å². The van der Waals surface area contributed by atoms with E-state index >= 15 is 0 Å². The van der Waals surface area contributed by atoms with Crippen molar-refractivity contribution < 1.29 is 9.84 Å². The average molecular weight is 244 g/mol. The lowest BCUT2D eigenvalue weighted by Crippen LogP contribution is -2.54. The van der Waals surface area contributed by atoms with Gasteiger partial charge < -0.3 is 15.6 Å². The standard InChI is InChI=1S/C13H28N2O2/c1-10-5-4-6-11(7-10)15(2)13(8-16)12(14)9-17-3/h10-13,16H,4-9,14H2,1-3H3. The highest BCUT2D eigenvalue weighted by atomic mass is 16.5. The zero-order chi connectivity index (χ0) is 12.8. The first-order chi connectivity index (χ1) is 8.10. The molecule has 4 atom stereocenters. The normalized spacial score (nSPS) is 29.3. The molecule has 0 radical (unpaired) electrons. The summed E-state index contributed by atoms with van der Waals surface area (Å²) in [7, 11) is 3.73. The lowest BCUT2D eigenvalue weighted by molar-refractivity contribution is 0.0434. The molecule has 1 fully saturated rings. The molecule has 0 heterocycles. The molecule has 0 aromatic rings. The molecule has 0 amide bonds. The van der Waals surface area contributed by atoms with Crippen LogP contribution in [0.3, 0.4) is 0 Å². The van der Waals surface area contributed by atoms with Crippen LogP contribution in [0.15, 0.2) is 0 Å². The lowest BCUT2D eigenvalue weighted by atomic mass is 9.85. The molecule has 1 saturated carbocycles. The van der Waals surface area contributed by atoms with E-state index in [0.717, 1.165) is 5.92 Å². The van der Waals surface area contributed by atoms with E-state index in [1.54, 1.807) is 7.11 Å². The summed E-state index contributed by atoms with van der Waals surface area (Å²) in [5.74, 6) is 0.786. The Hall–Kier alpha value is -0.160. The Morgan fingerprint density at radius 2 is 2.18 bits per heavy atom. The van der Waals surface area contributed by atoms with E-state index in [1.807, 2.05) is 0 Å². The van der Waals surface area contributed by atoms with Crippen molar-refractivity contribution >= 4 is 0 Å². The third kappa shape index (κ3) is 4.21. The van der Waals surface area contributed by atoms with E-state index < -0.39 is 0 Å². The largest absolute Gasteiger partial charge is 0.395 e. The predicted molar refractivity (Wildman–Crippen MR) is 69.9 cm³/mol. The van der Waals surface area contributed by atoms with Crippen molar-refractivity contribution in [1.82, 2.24) is 4.90 Å². The highest BCUT2D eigenvalue weighted by molar-refractivity contribution is 4.86. The number of methoxy groups -OCH3 is 1. The lowest BCUT2D eigenvalue weighted by Gasteiger charge is -2.40. The van der Waals surface area contributed by atoms with Gasteiger partial charge in [0.15, 0.2) is 0 Å². The van der Waals surface area contributed by atoms with E-state index in [-0.39, 0.29) is 18.7 Å². The average Bonchev–Trinajstić information content (AvgIpc) is 2.30. The summed E-state index contributed by atoms with van der Waals surface area (Å²) in [6.07, 6.45) is 5.05. The second-order valence-corrected chi connectivity index (χ2v) is 5.46. The highest BCUT2D eigenvalue weighted by Crippen LogP contribution is 2.27. The van der Waals surface area contributed by atoms with Crippen molar-refractivity contribution in [3.63, 3.8) is 0 Å². The molecule has 1 aliphatic rings. The van der Waals surface area contributed by atoms with Gasteiger partial charge in [-0.15, -0.1) is 0 Å². The van der Waals surface area contributed by atoms with Crippen LogP contribution in [0.4, 0.5) is 0 Å².